The van der Waals surface area contributed by atoms with E-state index in [0.717, 1.165) is 16.7 Å². The second-order valence-electron chi connectivity index (χ2n) is 15.6. The molecule has 55 heavy (non-hydrogen) atoms. The average Bonchev–Trinajstić information content (AvgIpc) is 3.72. The third kappa shape index (κ3) is 7.82. The fourth-order valence-electron chi connectivity index (χ4n) is 6.44. The van der Waals surface area contributed by atoms with Gasteiger partial charge in [-0.2, -0.15) is 4.98 Å². The Morgan fingerprint density at radius 3 is 2.04 bits per heavy atom. The van der Waals surface area contributed by atoms with E-state index in [2.05, 4.69) is 54.1 Å². The molecule has 1 saturated heterocycles. The van der Waals surface area contributed by atoms with E-state index < -0.39 is 44.0 Å². The van der Waals surface area contributed by atoms with Crippen molar-refractivity contribution >= 4 is 31.3 Å². The molecule has 3 heterocycles. The highest BCUT2D eigenvalue weighted by Crippen LogP contribution is 2.45. The van der Waals surface area contributed by atoms with Gasteiger partial charge in [0.25, 0.3) is 5.56 Å². The van der Waals surface area contributed by atoms with Crippen molar-refractivity contribution in [1.82, 2.24) is 19.5 Å². The van der Waals surface area contributed by atoms with Crippen LogP contribution >= 0.6 is 0 Å². The van der Waals surface area contributed by atoms with Gasteiger partial charge in [-0.15, -0.1) is 0 Å². The first-order valence-corrected chi connectivity index (χ1v) is 21.3. The minimum Gasteiger partial charge on any atom is -0.497 e. The second kappa shape index (κ2) is 15.7. The van der Waals surface area contributed by atoms with Crippen LogP contribution in [-0.4, -0.2) is 78.0 Å². The van der Waals surface area contributed by atoms with E-state index in [9.17, 15) is 14.7 Å². The fourth-order valence-corrected chi connectivity index (χ4v) is 7.73. The van der Waals surface area contributed by atoms with Crippen LogP contribution in [0.2, 0.25) is 18.1 Å². The lowest BCUT2D eigenvalue weighted by Crippen LogP contribution is -2.49. The molecular weight excluding hydrogens is 719 g/mol. The van der Waals surface area contributed by atoms with Gasteiger partial charge in [-0.25, -0.2) is 4.98 Å². The summed E-state index contributed by atoms with van der Waals surface area (Å²) in [6.45, 7) is 14.0. The van der Waals surface area contributed by atoms with Crippen molar-refractivity contribution < 1.29 is 33.3 Å². The zero-order valence-electron chi connectivity index (χ0n) is 32.8. The van der Waals surface area contributed by atoms with Gasteiger partial charge >= 0.3 is 0 Å². The van der Waals surface area contributed by atoms with E-state index in [1.54, 1.807) is 32.6 Å². The van der Waals surface area contributed by atoms with Crippen LogP contribution in [0, 0.1) is 5.92 Å². The number of fused-ring (bicyclic) bond motifs is 1. The first kappa shape index (κ1) is 39.8. The molecule has 1 amide bonds. The summed E-state index contributed by atoms with van der Waals surface area (Å²) in [5, 5.41) is 14.7. The molecule has 1 aliphatic rings. The number of aromatic nitrogens is 4. The molecule has 0 saturated carbocycles. The van der Waals surface area contributed by atoms with E-state index in [-0.39, 0.29) is 40.6 Å². The molecule has 4 atom stereocenters. The molecular formula is C41H51N5O8Si. The Morgan fingerprint density at radius 2 is 1.51 bits per heavy atom. The van der Waals surface area contributed by atoms with Crippen molar-refractivity contribution in [2.45, 2.75) is 82.9 Å². The summed E-state index contributed by atoms with van der Waals surface area (Å²) in [6.07, 6.45) is -2.47. The van der Waals surface area contributed by atoms with Crippen LogP contribution in [0.15, 0.2) is 90.0 Å². The second-order valence-corrected chi connectivity index (χ2v) is 20.4. The predicted molar refractivity (Wildman–Crippen MR) is 212 cm³/mol. The number of ether oxygens (including phenoxy) is 4. The van der Waals surface area contributed by atoms with Gasteiger partial charge in [0.15, 0.2) is 25.7 Å². The number of imidazole rings is 1. The van der Waals surface area contributed by atoms with Gasteiger partial charge in [-0.1, -0.05) is 89.2 Å². The maximum Gasteiger partial charge on any atom is 0.280 e. The zero-order chi connectivity index (χ0) is 39.7. The summed E-state index contributed by atoms with van der Waals surface area (Å²) in [4.78, 5) is 37.3. The Hall–Kier alpha value is -4.86. The first-order valence-electron chi connectivity index (χ1n) is 18.4. The molecule has 0 aliphatic carbocycles. The average molecular weight is 770 g/mol. The molecule has 6 rings (SSSR count). The molecule has 1 aliphatic heterocycles. The SMILES string of the molecule is COc1ccc(C(OC[C@H]2O[C@@H](n3cnc4c(=O)[nH]c(NC(=O)C(C)C)nc43)[C@H](O[Si](C)(C)C(C)(C)C)[C@@H]2O)(c2ccccc2)c2ccc(OC)cc2)cc1. The van der Waals surface area contributed by atoms with Gasteiger partial charge < -0.3 is 28.5 Å². The van der Waals surface area contributed by atoms with Gasteiger partial charge in [0.2, 0.25) is 11.9 Å². The smallest absolute Gasteiger partial charge is 0.280 e. The minimum absolute atomic E-state index is 0.0233. The standard InChI is InChI=1S/C41H51N5O8Si/c1-25(2)36(48)44-39-43-35-32(37(49)45-39)42-24-46(35)38-34(54-55(8,9)40(3,4)5)33(47)31(53-38)23-52-41(26-13-11-10-12-14-26,27-15-19-29(50-6)20-16-27)28-17-21-30(51-7)22-18-28/h10-22,24-25,31,33-34,38,47H,23H2,1-9H3,(H2,43,44,45,48,49)/t31-,33-,34-,38-/m1/s1. The molecule has 0 unspecified atom stereocenters. The summed E-state index contributed by atoms with van der Waals surface area (Å²) in [5.41, 5.74) is 1.01. The highest BCUT2D eigenvalue weighted by atomic mass is 28.4. The lowest BCUT2D eigenvalue weighted by atomic mass is 9.80. The van der Waals surface area contributed by atoms with Crippen molar-refractivity contribution in [3.8, 4) is 11.5 Å². The van der Waals surface area contributed by atoms with Crippen molar-refractivity contribution in [3.63, 3.8) is 0 Å². The fraction of sp³-hybridized carbons (Fsp3) is 0.415. The van der Waals surface area contributed by atoms with Crippen LogP contribution in [0.1, 0.15) is 57.5 Å². The van der Waals surface area contributed by atoms with E-state index in [0.29, 0.717) is 11.5 Å². The summed E-state index contributed by atoms with van der Waals surface area (Å²) in [7, 11) is 0.701. The monoisotopic (exact) mass is 769 g/mol. The zero-order valence-corrected chi connectivity index (χ0v) is 33.8. The number of nitrogens with zero attached hydrogens (tertiary/aromatic N) is 3. The van der Waals surface area contributed by atoms with Crippen molar-refractivity contribution in [1.29, 1.82) is 0 Å². The van der Waals surface area contributed by atoms with Crippen LogP contribution in [0.4, 0.5) is 5.95 Å². The maximum atomic E-state index is 13.2. The quantitative estimate of drug-likeness (QED) is 0.0906. The topological polar surface area (TPSA) is 159 Å². The molecule has 0 radical (unpaired) electrons. The molecule has 3 N–H and O–H groups in total. The Balaban J connectivity index is 1.44. The number of H-pyrrole nitrogens is 1. The number of anilines is 1. The van der Waals surface area contributed by atoms with Crippen molar-refractivity contribution in [3.05, 3.63) is 112 Å². The minimum atomic E-state index is -2.54. The lowest BCUT2D eigenvalue weighted by molar-refractivity contribution is -0.118. The van der Waals surface area contributed by atoms with Crippen molar-refractivity contribution in [2.24, 2.45) is 5.92 Å². The summed E-state index contributed by atoms with van der Waals surface area (Å²) >= 11 is 0. The third-order valence-electron chi connectivity index (χ3n) is 10.7. The Labute approximate surface area is 322 Å². The van der Waals surface area contributed by atoms with E-state index in [1.807, 2.05) is 78.9 Å². The van der Waals surface area contributed by atoms with Gasteiger partial charge in [0.05, 0.1) is 27.2 Å². The van der Waals surface area contributed by atoms with E-state index in [4.69, 9.17) is 23.4 Å². The highest BCUT2D eigenvalue weighted by Gasteiger charge is 2.52. The molecule has 5 aromatic rings. The number of carbonyl (C=O) groups excluding carboxylic acids is 1. The lowest BCUT2D eigenvalue weighted by Gasteiger charge is -2.40. The Kier molecular flexibility index (Phi) is 11.4. The molecule has 1 fully saturated rings. The first-order chi connectivity index (χ1) is 26.1. The summed E-state index contributed by atoms with van der Waals surface area (Å²) in [5.74, 6) is 0.699. The van der Waals surface area contributed by atoms with Crippen LogP contribution in [0.5, 0.6) is 11.5 Å². The van der Waals surface area contributed by atoms with Gasteiger partial charge in [0, 0.05) is 5.92 Å². The summed E-state index contributed by atoms with van der Waals surface area (Å²) in [6, 6.07) is 25.3. The van der Waals surface area contributed by atoms with E-state index in [1.165, 1.54) is 6.33 Å². The molecule has 0 bridgehead atoms. The van der Waals surface area contributed by atoms with E-state index >= 15 is 0 Å². The number of methoxy groups -OCH3 is 2. The molecule has 3 aromatic carbocycles. The summed E-state index contributed by atoms with van der Waals surface area (Å²) < 4.78 is 33.4. The number of aromatic amines is 1. The van der Waals surface area contributed by atoms with Crippen LogP contribution < -0.4 is 20.3 Å². The van der Waals surface area contributed by atoms with Crippen molar-refractivity contribution in [2.75, 3.05) is 26.1 Å². The van der Waals surface area contributed by atoms with Crippen LogP contribution in [-0.2, 0) is 24.3 Å². The molecule has 0 spiro atoms. The molecule has 2 aromatic heterocycles. The maximum absolute atomic E-state index is 13.2. The largest absolute Gasteiger partial charge is 0.497 e. The number of hydrogen-bond donors (Lipinski definition) is 3. The Morgan fingerprint density at radius 1 is 0.945 bits per heavy atom. The molecule has 292 valence electrons. The Bertz CT molecular complexity index is 2100. The number of benzene rings is 3. The van der Waals surface area contributed by atoms with Gasteiger partial charge in [-0.05, 0) is 59.1 Å². The number of aliphatic hydroxyl groups excluding tert-OH is 1. The number of carbonyl (C=O) groups is 1. The normalized spacial score (nSPS) is 19.2. The van der Waals surface area contributed by atoms with Gasteiger partial charge in [-0.3, -0.25) is 24.5 Å². The van der Waals surface area contributed by atoms with Crippen LogP contribution in [0.25, 0.3) is 11.2 Å². The highest BCUT2D eigenvalue weighted by molar-refractivity contribution is 6.74. The number of amides is 1. The molecule has 13 nitrogen and oxygen atoms in total. The van der Waals surface area contributed by atoms with Gasteiger partial charge in [0.1, 0.15) is 35.4 Å². The third-order valence-corrected chi connectivity index (χ3v) is 15.1. The number of hydrogen-bond acceptors (Lipinski definition) is 10. The predicted octanol–water partition coefficient (Wildman–Crippen LogP) is 6.39. The van der Waals surface area contributed by atoms with Crippen LogP contribution in [0.3, 0.4) is 0 Å². The number of aliphatic hydroxyl groups is 1. The number of nitrogens with one attached hydrogen (secondary N) is 2. The number of rotatable bonds is 13. The molecule has 14 heteroatoms.